The van der Waals surface area contributed by atoms with Gasteiger partial charge in [-0.15, -0.1) is 0 Å². The molecule has 0 amide bonds. The van der Waals surface area contributed by atoms with Gasteiger partial charge in [0.05, 0.1) is 0 Å². The van der Waals surface area contributed by atoms with E-state index >= 15 is 0 Å². The molecule has 1 aliphatic carbocycles. The Balaban J connectivity index is 2.67. The van der Waals surface area contributed by atoms with Gasteiger partial charge in [-0.1, -0.05) is 48.5 Å². The number of nitrogens with one attached hydrogen (secondary N) is 1. The van der Waals surface area contributed by atoms with Crippen molar-refractivity contribution in [1.82, 2.24) is 5.32 Å². The highest BCUT2D eigenvalue weighted by Crippen LogP contribution is 2.43. The summed E-state index contributed by atoms with van der Waals surface area (Å²) in [5.41, 5.74) is 0.469. The van der Waals surface area contributed by atoms with Crippen LogP contribution < -0.4 is 5.32 Å². The van der Waals surface area contributed by atoms with Crippen molar-refractivity contribution in [3.05, 3.63) is 0 Å². The van der Waals surface area contributed by atoms with Crippen LogP contribution in [0.2, 0.25) is 0 Å². The third-order valence-electron chi connectivity index (χ3n) is 4.81. The summed E-state index contributed by atoms with van der Waals surface area (Å²) in [5, 5.41) is 5.30. The van der Waals surface area contributed by atoms with Gasteiger partial charge >= 0.3 is 0 Å². The molecule has 1 N–H and O–H groups in total. The van der Waals surface area contributed by atoms with Crippen LogP contribution >= 0.6 is 11.8 Å². The lowest BCUT2D eigenvalue weighted by Gasteiger charge is -2.43. The summed E-state index contributed by atoms with van der Waals surface area (Å²) in [6, 6.07) is 0.731. The Kier molecular flexibility index (Phi) is 6.72. The monoisotopic (exact) mass is 285 g/mol. The molecule has 0 aromatic rings. The summed E-state index contributed by atoms with van der Waals surface area (Å²) in [4.78, 5) is 0. The molecule has 19 heavy (non-hydrogen) atoms. The molecule has 1 rings (SSSR count). The summed E-state index contributed by atoms with van der Waals surface area (Å²) in [6.45, 7) is 17.7. The molecule has 4 atom stereocenters. The maximum Gasteiger partial charge on any atom is 0.0206 e. The number of hydrogen-bond acceptors (Lipinski definition) is 2. The second kappa shape index (κ2) is 7.36. The van der Waals surface area contributed by atoms with Crippen molar-refractivity contribution in [3.8, 4) is 0 Å². The number of thioether (sulfide) groups is 1. The minimum atomic E-state index is 0.469. The molecule has 0 radical (unpaired) electrons. The highest BCUT2D eigenvalue weighted by Gasteiger charge is 2.36. The van der Waals surface area contributed by atoms with Gasteiger partial charge in [-0.3, -0.25) is 0 Å². The smallest absolute Gasteiger partial charge is 0.0206 e. The maximum absolute atomic E-state index is 3.73. The lowest BCUT2D eigenvalue weighted by atomic mass is 9.71. The van der Waals surface area contributed by atoms with E-state index in [9.17, 15) is 0 Å². The molecular weight excluding hydrogens is 250 g/mol. The third kappa shape index (κ3) is 5.30. The van der Waals surface area contributed by atoms with E-state index < -0.39 is 0 Å². The van der Waals surface area contributed by atoms with Crippen LogP contribution in [0.3, 0.4) is 0 Å². The van der Waals surface area contributed by atoms with E-state index in [1.165, 1.54) is 19.3 Å². The van der Waals surface area contributed by atoms with Crippen LogP contribution in [-0.4, -0.2) is 23.1 Å². The Labute approximate surface area is 125 Å². The fraction of sp³-hybridized carbons (Fsp3) is 1.00. The molecule has 114 valence electrons. The second-order valence-corrected chi connectivity index (χ2v) is 9.29. The molecule has 4 unspecified atom stereocenters. The van der Waals surface area contributed by atoms with Crippen LogP contribution in [0.5, 0.6) is 0 Å². The largest absolute Gasteiger partial charge is 0.313 e. The predicted octanol–water partition coefficient (Wildman–Crippen LogP) is 4.96. The molecule has 1 saturated carbocycles. The Morgan fingerprint density at radius 3 is 2.26 bits per heavy atom. The predicted molar refractivity (Wildman–Crippen MR) is 89.9 cm³/mol. The minimum absolute atomic E-state index is 0.469. The van der Waals surface area contributed by atoms with Gasteiger partial charge in [0.15, 0.2) is 0 Å². The van der Waals surface area contributed by atoms with E-state index in [4.69, 9.17) is 0 Å². The van der Waals surface area contributed by atoms with Gasteiger partial charge in [0.1, 0.15) is 0 Å². The van der Waals surface area contributed by atoms with Crippen LogP contribution in [-0.2, 0) is 0 Å². The van der Waals surface area contributed by atoms with E-state index in [2.05, 4.69) is 65.5 Å². The number of hydrogen-bond donors (Lipinski definition) is 1. The molecule has 0 saturated heterocycles. The molecule has 0 aromatic heterocycles. The molecule has 0 spiro atoms. The van der Waals surface area contributed by atoms with E-state index in [0.29, 0.717) is 5.41 Å². The van der Waals surface area contributed by atoms with Gasteiger partial charge in [-0.25, -0.2) is 0 Å². The van der Waals surface area contributed by atoms with Crippen molar-refractivity contribution >= 4 is 11.8 Å². The van der Waals surface area contributed by atoms with Crippen molar-refractivity contribution in [3.63, 3.8) is 0 Å². The fourth-order valence-electron chi connectivity index (χ4n) is 2.99. The lowest BCUT2D eigenvalue weighted by Crippen LogP contribution is -2.45. The maximum atomic E-state index is 3.73. The van der Waals surface area contributed by atoms with Crippen LogP contribution in [0.1, 0.15) is 67.7 Å². The highest BCUT2D eigenvalue weighted by atomic mass is 32.2. The molecule has 0 aromatic carbocycles. The SMILES string of the molecule is CCNC1CCC(C(C)(C)C)CC1SC(C)C(C)C. The zero-order valence-corrected chi connectivity index (χ0v) is 14.9. The first kappa shape index (κ1) is 17.4. The first-order valence-electron chi connectivity index (χ1n) is 8.14. The Morgan fingerprint density at radius 1 is 1.16 bits per heavy atom. The first-order valence-corrected chi connectivity index (χ1v) is 9.08. The van der Waals surface area contributed by atoms with Gasteiger partial charge in [0.25, 0.3) is 0 Å². The average Bonchev–Trinajstić information content (AvgIpc) is 2.30. The van der Waals surface area contributed by atoms with Crippen molar-refractivity contribution < 1.29 is 0 Å². The standard InChI is InChI=1S/C17H35NS/c1-8-18-15-10-9-14(17(5,6)7)11-16(15)19-13(4)12(2)3/h12-16,18H,8-11H2,1-7H3. The summed E-state index contributed by atoms with van der Waals surface area (Å²) in [7, 11) is 0. The van der Waals surface area contributed by atoms with Crippen LogP contribution in [0.4, 0.5) is 0 Å². The first-order chi connectivity index (χ1) is 8.75. The molecule has 1 fully saturated rings. The zero-order chi connectivity index (χ0) is 14.6. The van der Waals surface area contributed by atoms with Crippen LogP contribution in [0.25, 0.3) is 0 Å². The van der Waals surface area contributed by atoms with Gasteiger partial charge in [-0.2, -0.15) is 11.8 Å². The highest BCUT2D eigenvalue weighted by molar-refractivity contribution is 8.00. The second-order valence-electron chi connectivity index (χ2n) is 7.66. The molecule has 0 bridgehead atoms. The summed E-state index contributed by atoms with van der Waals surface area (Å²) in [6.07, 6.45) is 4.15. The van der Waals surface area contributed by atoms with Crippen LogP contribution in [0, 0.1) is 17.3 Å². The van der Waals surface area contributed by atoms with E-state index in [-0.39, 0.29) is 0 Å². The molecule has 0 aliphatic heterocycles. The van der Waals surface area contributed by atoms with Crippen LogP contribution in [0.15, 0.2) is 0 Å². The summed E-state index contributed by atoms with van der Waals surface area (Å²) >= 11 is 2.23. The van der Waals surface area contributed by atoms with E-state index in [0.717, 1.165) is 34.9 Å². The average molecular weight is 286 g/mol. The third-order valence-corrected chi connectivity index (χ3v) is 6.66. The minimum Gasteiger partial charge on any atom is -0.313 e. The van der Waals surface area contributed by atoms with Crippen molar-refractivity contribution in [2.24, 2.45) is 17.3 Å². The Bertz CT molecular complexity index is 256. The molecule has 1 nitrogen and oxygen atoms in total. The quantitative estimate of drug-likeness (QED) is 0.766. The van der Waals surface area contributed by atoms with Gasteiger partial charge in [-0.05, 0) is 43.1 Å². The molecule has 1 aliphatic rings. The van der Waals surface area contributed by atoms with Gasteiger partial charge < -0.3 is 5.32 Å². The van der Waals surface area contributed by atoms with E-state index in [1.807, 2.05) is 0 Å². The fourth-order valence-corrected chi connectivity index (χ4v) is 4.63. The van der Waals surface area contributed by atoms with Gasteiger partial charge in [0.2, 0.25) is 0 Å². The van der Waals surface area contributed by atoms with Gasteiger partial charge in [0, 0.05) is 16.5 Å². The van der Waals surface area contributed by atoms with E-state index in [1.54, 1.807) is 0 Å². The normalized spacial score (nSPS) is 30.6. The van der Waals surface area contributed by atoms with Crippen molar-refractivity contribution in [2.45, 2.75) is 84.3 Å². The number of rotatable bonds is 5. The van der Waals surface area contributed by atoms with Crippen molar-refractivity contribution in [1.29, 1.82) is 0 Å². The topological polar surface area (TPSA) is 12.0 Å². The molecule has 2 heteroatoms. The van der Waals surface area contributed by atoms with Crippen molar-refractivity contribution in [2.75, 3.05) is 6.54 Å². The summed E-state index contributed by atoms with van der Waals surface area (Å²) in [5.74, 6) is 1.67. The zero-order valence-electron chi connectivity index (χ0n) is 14.1. The molecular formula is C17H35NS. The lowest BCUT2D eigenvalue weighted by molar-refractivity contribution is 0.165. The Hall–Kier alpha value is 0.310. The molecule has 0 heterocycles. The Morgan fingerprint density at radius 2 is 1.79 bits per heavy atom. The summed E-state index contributed by atoms with van der Waals surface area (Å²) < 4.78 is 0.